The van der Waals surface area contributed by atoms with Crippen molar-refractivity contribution in [3.63, 3.8) is 0 Å². The predicted octanol–water partition coefficient (Wildman–Crippen LogP) is 1.45. The quantitative estimate of drug-likeness (QED) is 0.798. The minimum atomic E-state index is -0.168. The Bertz CT molecular complexity index is 269. The van der Waals surface area contributed by atoms with Gasteiger partial charge in [0, 0.05) is 18.6 Å². The minimum Gasteiger partial charge on any atom is -0.378 e. The molecule has 2 N–H and O–H groups in total. The van der Waals surface area contributed by atoms with E-state index in [0.717, 1.165) is 51.9 Å². The molecule has 2 fully saturated rings. The Morgan fingerprint density at radius 1 is 1.39 bits per heavy atom. The van der Waals surface area contributed by atoms with Crippen molar-refractivity contribution in [1.82, 2.24) is 10.6 Å². The summed E-state index contributed by atoms with van der Waals surface area (Å²) in [7, 11) is 0. The van der Waals surface area contributed by atoms with Gasteiger partial charge in [-0.2, -0.15) is 0 Å². The van der Waals surface area contributed by atoms with Crippen LogP contribution in [0.5, 0.6) is 0 Å². The van der Waals surface area contributed by atoms with Crippen LogP contribution in [0.1, 0.15) is 45.4 Å². The monoisotopic (exact) mass is 254 g/mol. The lowest BCUT2D eigenvalue weighted by Crippen LogP contribution is -2.46. The zero-order valence-electron chi connectivity index (χ0n) is 11.5. The molecule has 104 valence electrons. The first-order valence-corrected chi connectivity index (χ1v) is 7.31. The van der Waals surface area contributed by atoms with Gasteiger partial charge in [0.1, 0.15) is 0 Å². The Morgan fingerprint density at radius 3 is 2.83 bits per heavy atom. The molecule has 0 aromatic rings. The van der Waals surface area contributed by atoms with Crippen LogP contribution in [0.25, 0.3) is 0 Å². The third-order valence-electron chi connectivity index (χ3n) is 4.28. The normalized spacial score (nSPS) is 27.7. The fraction of sp³-hybridized carbons (Fsp3) is 0.929. The number of nitrogens with one attached hydrogen (secondary N) is 2. The molecule has 1 unspecified atom stereocenters. The van der Waals surface area contributed by atoms with Gasteiger partial charge in [0.25, 0.3) is 0 Å². The summed E-state index contributed by atoms with van der Waals surface area (Å²) in [6, 6.07) is 0. The standard InChI is InChI=1S/C14H26N2O2/c1-14(6-9-15-10-7-14)13(17)16-8-5-12-4-2-3-11-18-12/h12,15H,2-11H2,1H3,(H,16,17). The average molecular weight is 254 g/mol. The summed E-state index contributed by atoms with van der Waals surface area (Å²) in [5, 5.41) is 6.40. The van der Waals surface area contributed by atoms with Crippen LogP contribution in [0.3, 0.4) is 0 Å². The maximum Gasteiger partial charge on any atom is 0.226 e. The van der Waals surface area contributed by atoms with Gasteiger partial charge in [-0.15, -0.1) is 0 Å². The van der Waals surface area contributed by atoms with E-state index in [1.807, 2.05) is 0 Å². The molecule has 0 aromatic carbocycles. The molecule has 18 heavy (non-hydrogen) atoms. The second-order valence-electron chi connectivity index (χ2n) is 5.84. The summed E-state index contributed by atoms with van der Waals surface area (Å²) in [4.78, 5) is 12.2. The Hall–Kier alpha value is -0.610. The van der Waals surface area contributed by atoms with Gasteiger partial charge in [-0.1, -0.05) is 6.92 Å². The highest BCUT2D eigenvalue weighted by atomic mass is 16.5. The summed E-state index contributed by atoms with van der Waals surface area (Å²) in [6.07, 6.45) is 6.81. The summed E-state index contributed by atoms with van der Waals surface area (Å²) < 4.78 is 5.67. The van der Waals surface area contributed by atoms with E-state index in [1.165, 1.54) is 12.8 Å². The molecule has 2 aliphatic heterocycles. The summed E-state index contributed by atoms with van der Waals surface area (Å²) in [5.41, 5.74) is -0.168. The molecule has 4 nitrogen and oxygen atoms in total. The number of ether oxygens (including phenoxy) is 1. The van der Waals surface area contributed by atoms with E-state index >= 15 is 0 Å². The van der Waals surface area contributed by atoms with Gasteiger partial charge in [0.05, 0.1) is 6.10 Å². The molecule has 0 aromatic heterocycles. The maximum atomic E-state index is 12.2. The highest BCUT2D eigenvalue weighted by molar-refractivity contribution is 5.82. The van der Waals surface area contributed by atoms with Crippen molar-refractivity contribution in [1.29, 1.82) is 0 Å². The van der Waals surface area contributed by atoms with Crippen molar-refractivity contribution in [2.45, 2.75) is 51.6 Å². The zero-order valence-corrected chi connectivity index (χ0v) is 11.5. The molecular weight excluding hydrogens is 228 g/mol. The third-order valence-corrected chi connectivity index (χ3v) is 4.28. The molecule has 0 aliphatic carbocycles. The van der Waals surface area contributed by atoms with Crippen LogP contribution in [0.2, 0.25) is 0 Å². The molecule has 2 aliphatic rings. The number of carbonyl (C=O) groups excluding carboxylic acids is 1. The number of amides is 1. The average Bonchev–Trinajstić information content (AvgIpc) is 2.41. The fourth-order valence-electron chi connectivity index (χ4n) is 2.80. The van der Waals surface area contributed by atoms with Crippen molar-refractivity contribution in [3.8, 4) is 0 Å². The molecule has 4 heteroatoms. The van der Waals surface area contributed by atoms with Crippen LogP contribution < -0.4 is 10.6 Å². The van der Waals surface area contributed by atoms with E-state index in [9.17, 15) is 4.79 Å². The molecule has 2 heterocycles. The molecule has 1 amide bonds. The van der Waals surface area contributed by atoms with Crippen LogP contribution in [0, 0.1) is 5.41 Å². The van der Waals surface area contributed by atoms with Crippen LogP contribution in [-0.2, 0) is 9.53 Å². The maximum absolute atomic E-state index is 12.2. The van der Waals surface area contributed by atoms with Crippen LogP contribution in [0.15, 0.2) is 0 Å². The molecule has 2 saturated heterocycles. The van der Waals surface area contributed by atoms with Crippen LogP contribution in [-0.4, -0.2) is 38.3 Å². The predicted molar refractivity (Wildman–Crippen MR) is 71.4 cm³/mol. The number of hydrogen-bond acceptors (Lipinski definition) is 3. The lowest BCUT2D eigenvalue weighted by molar-refractivity contribution is -0.131. The second kappa shape index (κ2) is 6.53. The number of piperidine rings is 1. The van der Waals surface area contributed by atoms with Crippen molar-refractivity contribution >= 4 is 5.91 Å². The van der Waals surface area contributed by atoms with E-state index in [2.05, 4.69) is 17.6 Å². The second-order valence-corrected chi connectivity index (χ2v) is 5.84. The van der Waals surface area contributed by atoms with E-state index in [0.29, 0.717) is 6.10 Å². The summed E-state index contributed by atoms with van der Waals surface area (Å²) in [6.45, 7) is 5.64. The Labute approximate surface area is 110 Å². The first kappa shape index (κ1) is 13.8. The lowest BCUT2D eigenvalue weighted by atomic mass is 9.80. The largest absolute Gasteiger partial charge is 0.378 e. The van der Waals surface area contributed by atoms with Gasteiger partial charge in [-0.25, -0.2) is 0 Å². The van der Waals surface area contributed by atoms with Gasteiger partial charge >= 0.3 is 0 Å². The van der Waals surface area contributed by atoms with Crippen molar-refractivity contribution in [3.05, 3.63) is 0 Å². The van der Waals surface area contributed by atoms with Gasteiger partial charge in [0.15, 0.2) is 0 Å². The minimum absolute atomic E-state index is 0.168. The number of carbonyl (C=O) groups is 1. The zero-order chi connectivity index (χ0) is 12.8. The molecule has 0 saturated carbocycles. The van der Waals surface area contributed by atoms with Crippen molar-refractivity contribution in [2.24, 2.45) is 5.41 Å². The Kier molecular flexibility index (Phi) is 5.01. The topological polar surface area (TPSA) is 50.4 Å². The van der Waals surface area contributed by atoms with Crippen LogP contribution in [0.4, 0.5) is 0 Å². The third kappa shape index (κ3) is 3.69. The smallest absolute Gasteiger partial charge is 0.226 e. The van der Waals surface area contributed by atoms with E-state index in [-0.39, 0.29) is 11.3 Å². The van der Waals surface area contributed by atoms with Gasteiger partial charge < -0.3 is 15.4 Å². The molecule has 0 radical (unpaired) electrons. The van der Waals surface area contributed by atoms with Gasteiger partial charge in [0.2, 0.25) is 5.91 Å². The van der Waals surface area contributed by atoms with Crippen LogP contribution >= 0.6 is 0 Å². The Balaban J connectivity index is 1.67. The van der Waals surface area contributed by atoms with Crippen molar-refractivity contribution in [2.75, 3.05) is 26.2 Å². The first-order chi connectivity index (χ1) is 8.71. The fourth-order valence-corrected chi connectivity index (χ4v) is 2.80. The van der Waals surface area contributed by atoms with Gasteiger partial charge in [-0.05, 0) is 51.6 Å². The molecule has 1 atom stereocenters. The lowest BCUT2D eigenvalue weighted by Gasteiger charge is -2.32. The number of hydrogen-bond donors (Lipinski definition) is 2. The summed E-state index contributed by atoms with van der Waals surface area (Å²) >= 11 is 0. The Morgan fingerprint density at radius 2 is 2.17 bits per heavy atom. The van der Waals surface area contributed by atoms with E-state index in [1.54, 1.807) is 0 Å². The molecule has 0 spiro atoms. The highest BCUT2D eigenvalue weighted by Gasteiger charge is 2.34. The summed E-state index contributed by atoms with van der Waals surface area (Å²) in [5.74, 6) is 0.222. The number of rotatable bonds is 4. The first-order valence-electron chi connectivity index (χ1n) is 7.31. The van der Waals surface area contributed by atoms with Gasteiger partial charge in [-0.3, -0.25) is 4.79 Å². The highest BCUT2D eigenvalue weighted by Crippen LogP contribution is 2.27. The SMILES string of the molecule is CC1(C(=O)NCCC2CCCCO2)CCNCC1. The molecule has 2 rings (SSSR count). The molecule has 0 bridgehead atoms. The van der Waals surface area contributed by atoms with Crippen molar-refractivity contribution < 1.29 is 9.53 Å². The van der Waals surface area contributed by atoms with E-state index < -0.39 is 0 Å². The van der Waals surface area contributed by atoms with E-state index in [4.69, 9.17) is 4.74 Å². The molecular formula is C14H26N2O2.